The van der Waals surface area contributed by atoms with Crippen molar-refractivity contribution in [2.45, 2.75) is 25.3 Å². The quantitative estimate of drug-likeness (QED) is 0.233. The van der Waals surface area contributed by atoms with Crippen LogP contribution in [0.3, 0.4) is 0 Å². The average Bonchev–Trinajstić information content (AvgIpc) is 3.74. The second kappa shape index (κ2) is 9.78. The first-order valence-corrected chi connectivity index (χ1v) is 14.7. The van der Waals surface area contributed by atoms with Crippen LogP contribution >= 0.6 is 22.7 Å². The first kappa shape index (κ1) is 23.3. The van der Waals surface area contributed by atoms with E-state index in [-0.39, 0.29) is 17.9 Å². The smallest absolute Gasteiger partial charge is 0.267 e. The van der Waals surface area contributed by atoms with Crippen molar-refractivity contribution in [2.24, 2.45) is 11.0 Å². The predicted octanol–water partition coefficient (Wildman–Crippen LogP) is 8.46. The summed E-state index contributed by atoms with van der Waals surface area (Å²) in [5, 5.41) is 11.9. The molecule has 1 saturated carbocycles. The Hall–Kier alpha value is -3.87. The molecular weight excluding hydrogens is 507 g/mol. The van der Waals surface area contributed by atoms with E-state index in [1.165, 1.54) is 15.3 Å². The van der Waals surface area contributed by atoms with Crippen molar-refractivity contribution in [3.8, 4) is 11.3 Å². The number of amides is 1. The van der Waals surface area contributed by atoms with Gasteiger partial charge in [0.25, 0.3) is 5.91 Å². The zero-order valence-corrected chi connectivity index (χ0v) is 22.3. The van der Waals surface area contributed by atoms with Gasteiger partial charge in [0, 0.05) is 26.6 Å². The molecule has 1 fully saturated rings. The summed E-state index contributed by atoms with van der Waals surface area (Å²) in [7, 11) is 0. The van der Waals surface area contributed by atoms with Gasteiger partial charge >= 0.3 is 0 Å². The summed E-state index contributed by atoms with van der Waals surface area (Å²) in [6, 6.07) is 28.2. The predicted molar refractivity (Wildman–Crippen MR) is 157 cm³/mol. The first-order valence-electron chi connectivity index (χ1n) is 12.9. The summed E-state index contributed by atoms with van der Waals surface area (Å²) in [6.45, 7) is 0. The Morgan fingerprint density at radius 3 is 2.55 bits per heavy atom. The molecule has 2 atom stereocenters. The number of hydrogen-bond donors (Lipinski definition) is 0. The minimum atomic E-state index is -0.100. The summed E-state index contributed by atoms with van der Waals surface area (Å²) in [6.07, 6.45) is 5.38. The van der Waals surface area contributed by atoms with Crippen molar-refractivity contribution in [1.29, 1.82) is 0 Å². The number of carbonyl (C=O) groups excluding carboxylic acids is 1. The molecule has 2 aliphatic rings. The number of pyridine rings is 1. The third-order valence-corrected chi connectivity index (χ3v) is 9.18. The molecular formula is C32H25N3OS2. The van der Waals surface area contributed by atoms with E-state index in [1.54, 1.807) is 27.7 Å². The fourth-order valence-corrected chi connectivity index (χ4v) is 7.24. The van der Waals surface area contributed by atoms with Crippen molar-refractivity contribution in [2.75, 3.05) is 0 Å². The highest BCUT2D eigenvalue weighted by Crippen LogP contribution is 2.46. The molecule has 2 aromatic carbocycles. The van der Waals surface area contributed by atoms with Crippen molar-refractivity contribution in [1.82, 2.24) is 9.99 Å². The molecule has 0 radical (unpaired) electrons. The van der Waals surface area contributed by atoms with Crippen LogP contribution in [0.5, 0.6) is 0 Å². The van der Waals surface area contributed by atoms with Gasteiger partial charge in [-0.05, 0) is 65.9 Å². The van der Waals surface area contributed by atoms with Gasteiger partial charge in [-0.25, -0.2) is 9.99 Å². The molecule has 0 bridgehead atoms. The molecule has 0 saturated heterocycles. The number of hydrogen-bond acceptors (Lipinski definition) is 5. The molecule has 4 nitrogen and oxygen atoms in total. The zero-order chi connectivity index (χ0) is 25.5. The van der Waals surface area contributed by atoms with E-state index in [0.717, 1.165) is 47.1 Å². The van der Waals surface area contributed by atoms with Gasteiger partial charge < -0.3 is 0 Å². The molecule has 7 rings (SSSR count). The number of nitrogens with zero attached hydrogens (tertiary/aromatic N) is 3. The SMILES string of the molecule is O=C(c1cc(-c2ccccc2)nc2ccccc12)N1N=C2/C(=C/c3cccs3)CCCC2C1c1cccs1. The molecule has 0 N–H and O–H groups in total. The molecule has 1 aliphatic carbocycles. The number of para-hydroxylation sites is 1. The fraction of sp³-hybridized carbons (Fsp3) is 0.156. The van der Waals surface area contributed by atoms with Gasteiger partial charge in [-0.1, -0.05) is 60.7 Å². The number of carbonyl (C=O) groups is 1. The lowest BCUT2D eigenvalue weighted by Crippen LogP contribution is -2.31. The molecule has 3 aromatic heterocycles. The van der Waals surface area contributed by atoms with Gasteiger partial charge in [-0.3, -0.25) is 4.79 Å². The maximum Gasteiger partial charge on any atom is 0.275 e. The maximum absolute atomic E-state index is 14.5. The number of benzene rings is 2. The van der Waals surface area contributed by atoms with Crippen LogP contribution in [0.2, 0.25) is 0 Å². The number of thiophene rings is 2. The maximum atomic E-state index is 14.5. The molecule has 5 aromatic rings. The Morgan fingerprint density at radius 2 is 1.74 bits per heavy atom. The van der Waals surface area contributed by atoms with Crippen molar-refractivity contribution < 1.29 is 4.79 Å². The number of hydrazone groups is 1. The lowest BCUT2D eigenvalue weighted by atomic mass is 9.79. The van der Waals surface area contributed by atoms with Crippen LogP contribution in [-0.2, 0) is 0 Å². The highest BCUT2D eigenvalue weighted by molar-refractivity contribution is 7.11. The summed E-state index contributed by atoms with van der Waals surface area (Å²) in [5.41, 5.74) is 5.56. The summed E-state index contributed by atoms with van der Waals surface area (Å²) < 4.78 is 0. The van der Waals surface area contributed by atoms with Gasteiger partial charge in [-0.2, -0.15) is 5.10 Å². The minimum absolute atomic E-state index is 0.0726. The molecule has 0 spiro atoms. The van der Waals surface area contributed by atoms with Gasteiger partial charge in [-0.15, -0.1) is 22.7 Å². The third kappa shape index (κ3) is 4.10. The lowest BCUT2D eigenvalue weighted by molar-refractivity contribution is 0.0686. The van der Waals surface area contributed by atoms with E-state index in [1.807, 2.05) is 60.7 Å². The number of aromatic nitrogens is 1. The third-order valence-electron chi connectivity index (χ3n) is 7.42. The molecule has 38 heavy (non-hydrogen) atoms. The van der Waals surface area contributed by atoms with Crippen LogP contribution in [0.25, 0.3) is 28.2 Å². The van der Waals surface area contributed by atoms with E-state index in [9.17, 15) is 4.79 Å². The van der Waals surface area contributed by atoms with Gasteiger partial charge in [0.2, 0.25) is 0 Å². The minimum Gasteiger partial charge on any atom is -0.267 e. The highest BCUT2D eigenvalue weighted by Gasteiger charge is 2.44. The van der Waals surface area contributed by atoms with E-state index < -0.39 is 0 Å². The average molecular weight is 532 g/mol. The number of rotatable bonds is 4. The fourth-order valence-electron chi connectivity index (χ4n) is 5.68. The largest absolute Gasteiger partial charge is 0.275 e. The van der Waals surface area contributed by atoms with Crippen molar-refractivity contribution in [3.05, 3.63) is 117 Å². The molecule has 6 heteroatoms. The molecule has 186 valence electrons. The standard InChI is InChI=1S/C32H25N3OS2/c36-32(26-20-28(21-9-2-1-3-10-21)33-27-15-5-4-13-24(26)27)35-31(29-16-8-18-38-29)25-14-6-11-22(30(25)34-35)19-23-12-7-17-37-23/h1-5,7-10,12-13,15-20,25,31H,6,11,14H2/b22-19+. The number of allylic oxidation sites excluding steroid dienone is 1. The Bertz CT molecular complexity index is 1670. The number of fused-ring (bicyclic) bond motifs is 2. The monoisotopic (exact) mass is 531 g/mol. The van der Waals surface area contributed by atoms with E-state index >= 15 is 0 Å². The first-order chi connectivity index (χ1) is 18.8. The summed E-state index contributed by atoms with van der Waals surface area (Å²) in [4.78, 5) is 21.8. The highest BCUT2D eigenvalue weighted by atomic mass is 32.1. The lowest BCUT2D eigenvalue weighted by Gasteiger charge is -2.28. The topological polar surface area (TPSA) is 45.6 Å². The Labute approximate surface area is 229 Å². The van der Waals surface area contributed by atoms with Crippen LogP contribution in [0.4, 0.5) is 0 Å². The second-order valence-corrected chi connectivity index (χ2v) is 11.7. The van der Waals surface area contributed by atoms with Crippen LogP contribution in [-0.4, -0.2) is 21.6 Å². The molecule has 1 amide bonds. The van der Waals surface area contributed by atoms with Crippen LogP contribution in [0.1, 0.15) is 45.4 Å². The van der Waals surface area contributed by atoms with E-state index in [0.29, 0.717) is 5.56 Å². The molecule has 2 unspecified atom stereocenters. The van der Waals surface area contributed by atoms with Crippen LogP contribution < -0.4 is 0 Å². The van der Waals surface area contributed by atoms with Gasteiger partial charge in [0.15, 0.2) is 0 Å². The summed E-state index contributed by atoms with van der Waals surface area (Å²) in [5.74, 6) is 0.121. The van der Waals surface area contributed by atoms with Gasteiger partial charge in [0.1, 0.15) is 0 Å². The van der Waals surface area contributed by atoms with Crippen molar-refractivity contribution >= 4 is 51.3 Å². The molecule has 4 heterocycles. The zero-order valence-electron chi connectivity index (χ0n) is 20.7. The van der Waals surface area contributed by atoms with Crippen LogP contribution in [0, 0.1) is 5.92 Å². The summed E-state index contributed by atoms with van der Waals surface area (Å²) >= 11 is 3.44. The van der Waals surface area contributed by atoms with E-state index in [4.69, 9.17) is 10.1 Å². The van der Waals surface area contributed by atoms with Crippen molar-refractivity contribution in [3.63, 3.8) is 0 Å². The Morgan fingerprint density at radius 1 is 0.921 bits per heavy atom. The van der Waals surface area contributed by atoms with E-state index in [2.05, 4.69) is 41.1 Å². The molecule has 1 aliphatic heterocycles. The Balaban J connectivity index is 1.37. The van der Waals surface area contributed by atoms with Crippen LogP contribution in [0.15, 0.2) is 106 Å². The van der Waals surface area contributed by atoms with Gasteiger partial charge in [0.05, 0.1) is 28.5 Å². The second-order valence-electron chi connectivity index (χ2n) is 9.72. The Kier molecular flexibility index (Phi) is 5.99. The normalized spacial score (nSPS) is 20.1.